The van der Waals surface area contributed by atoms with E-state index in [9.17, 15) is 4.39 Å². The molecule has 1 aromatic carbocycles. The number of aryl methyl sites for hydroxylation is 1. The average Bonchev–Trinajstić information content (AvgIpc) is 2.41. The first-order valence-corrected chi connectivity index (χ1v) is 7.13. The zero-order valence-corrected chi connectivity index (χ0v) is 11.8. The lowest BCUT2D eigenvalue weighted by molar-refractivity contribution is 0.580. The van der Waals surface area contributed by atoms with Crippen LogP contribution in [0.5, 0.6) is 0 Å². The van der Waals surface area contributed by atoms with Gasteiger partial charge in [0.15, 0.2) is 5.82 Å². The van der Waals surface area contributed by atoms with Gasteiger partial charge in [0, 0.05) is 12.3 Å². The second-order valence-electron chi connectivity index (χ2n) is 4.09. The van der Waals surface area contributed by atoms with Crippen LogP contribution in [-0.4, -0.2) is 16.5 Å². The third-order valence-electron chi connectivity index (χ3n) is 2.67. The first-order valence-electron chi connectivity index (χ1n) is 6.14. The van der Waals surface area contributed by atoms with Gasteiger partial charge in [-0.05, 0) is 25.0 Å². The monoisotopic (exact) mass is 277 g/mol. The van der Waals surface area contributed by atoms with Crippen LogP contribution in [0, 0.1) is 12.7 Å². The van der Waals surface area contributed by atoms with Gasteiger partial charge in [0.1, 0.15) is 5.03 Å². The number of thioether (sulfide) groups is 1. The molecule has 3 nitrogen and oxygen atoms in total. The summed E-state index contributed by atoms with van der Waals surface area (Å²) >= 11 is 1.39. The molecule has 0 atom stereocenters. The molecular formula is C14H16FN3S. The molecule has 0 bridgehead atoms. The maximum Gasteiger partial charge on any atom is 0.223 e. The topological polar surface area (TPSA) is 37.8 Å². The van der Waals surface area contributed by atoms with E-state index >= 15 is 0 Å². The van der Waals surface area contributed by atoms with Crippen molar-refractivity contribution < 1.29 is 4.39 Å². The standard InChI is InChI=1S/C14H16FN3S/c1-3-16-14-17-8-12(15)13(18-14)19-9-11-7-5-4-6-10(11)2/h4-8H,3,9H2,1-2H3,(H,16,17,18). The van der Waals surface area contributed by atoms with Crippen molar-refractivity contribution in [2.75, 3.05) is 11.9 Å². The number of hydrogen-bond acceptors (Lipinski definition) is 4. The lowest BCUT2D eigenvalue weighted by Gasteiger charge is -2.07. The zero-order valence-electron chi connectivity index (χ0n) is 11.0. The largest absolute Gasteiger partial charge is 0.354 e. The van der Waals surface area contributed by atoms with Gasteiger partial charge < -0.3 is 5.32 Å². The number of nitrogens with zero attached hydrogens (tertiary/aromatic N) is 2. The van der Waals surface area contributed by atoms with Crippen LogP contribution in [0.4, 0.5) is 10.3 Å². The highest BCUT2D eigenvalue weighted by Gasteiger charge is 2.08. The van der Waals surface area contributed by atoms with Crippen molar-refractivity contribution in [2.45, 2.75) is 24.6 Å². The predicted molar refractivity (Wildman–Crippen MR) is 76.9 cm³/mol. The third-order valence-corrected chi connectivity index (χ3v) is 3.69. The SMILES string of the molecule is CCNc1ncc(F)c(SCc2ccccc2C)n1. The molecule has 1 heterocycles. The van der Waals surface area contributed by atoms with Crippen LogP contribution in [0.25, 0.3) is 0 Å². The Labute approximate surface area is 116 Å². The van der Waals surface area contributed by atoms with E-state index < -0.39 is 0 Å². The average molecular weight is 277 g/mol. The Morgan fingerprint density at radius 1 is 1.32 bits per heavy atom. The van der Waals surface area contributed by atoms with Gasteiger partial charge in [0.05, 0.1) is 6.20 Å². The van der Waals surface area contributed by atoms with E-state index in [-0.39, 0.29) is 5.82 Å². The van der Waals surface area contributed by atoms with E-state index in [0.717, 1.165) is 0 Å². The summed E-state index contributed by atoms with van der Waals surface area (Å²) in [7, 11) is 0. The number of aromatic nitrogens is 2. The van der Waals surface area contributed by atoms with Gasteiger partial charge in [-0.15, -0.1) is 0 Å². The van der Waals surface area contributed by atoms with E-state index in [1.807, 2.05) is 25.1 Å². The maximum absolute atomic E-state index is 13.6. The quantitative estimate of drug-likeness (QED) is 0.668. The van der Waals surface area contributed by atoms with E-state index in [0.29, 0.717) is 23.3 Å². The van der Waals surface area contributed by atoms with Gasteiger partial charge in [-0.2, -0.15) is 0 Å². The highest BCUT2D eigenvalue weighted by atomic mass is 32.2. The minimum absolute atomic E-state index is 0.375. The van der Waals surface area contributed by atoms with Gasteiger partial charge in [0.25, 0.3) is 0 Å². The van der Waals surface area contributed by atoms with Gasteiger partial charge >= 0.3 is 0 Å². The number of rotatable bonds is 5. The molecule has 1 aromatic heterocycles. The van der Waals surface area contributed by atoms with Gasteiger partial charge in [-0.3, -0.25) is 0 Å². The van der Waals surface area contributed by atoms with Gasteiger partial charge in [-0.1, -0.05) is 36.0 Å². The normalized spacial score (nSPS) is 10.5. The molecule has 0 aliphatic carbocycles. The van der Waals surface area contributed by atoms with Gasteiger partial charge in [0.2, 0.25) is 5.95 Å². The Morgan fingerprint density at radius 2 is 2.11 bits per heavy atom. The Morgan fingerprint density at radius 3 is 2.84 bits per heavy atom. The van der Waals surface area contributed by atoms with Crippen LogP contribution in [0.3, 0.4) is 0 Å². The molecule has 0 radical (unpaired) electrons. The van der Waals surface area contributed by atoms with E-state index in [1.165, 1.54) is 29.1 Å². The van der Waals surface area contributed by atoms with Crippen LogP contribution in [-0.2, 0) is 5.75 Å². The Hall–Kier alpha value is -1.62. The summed E-state index contributed by atoms with van der Waals surface area (Å²) in [6.45, 7) is 4.72. The van der Waals surface area contributed by atoms with Crippen LogP contribution in [0.1, 0.15) is 18.1 Å². The lowest BCUT2D eigenvalue weighted by Crippen LogP contribution is -2.03. The Bertz CT molecular complexity index is 560. The fourth-order valence-corrected chi connectivity index (χ4v) is 2.57. The maximum atomic E-state index is 13.6. The Balaban J connectivity index is 2.10. The van der Waals surface area contributed by atoms with E-state index in [1.54, 1.807) is 0 Å². The van der Waals surface area contributed by atoms with Gasteiger partial charge in [-0.25, -0.2) is 14.4 Å². The minimum Gasteiger partial charge on any atom is -0.354 e. The molecule has 0 fully saturated rings. The predicted octanol–water partition coefficient (Wildman–Crippen LogP) is 3.65. The molecule has 2 aromatic rings. The first-order chi connectivity index (χ1) is 9.20. The number of nitrogens with one attached hydrogen (secondary N) is 1. The van der Waals surface area contributed by atoms with Crippen molar-refractivity contribution in [3.8, 4) is 0 Å². The smallest absolute Gasteiger partial charge is 0.223 e. The van der Waals surface area contributed by atoms with Crippen molar-refractivity contribution in [1.82, 2.24) is 9.97 Å². The second-order valence-corrected chi connectivity index (χ2v) is 5.06. The molecular weight excluding hydrogens is 261 g/mol. The fourth-order valence-electron chi connectivity index (χ4n) is 1.61. The molecule has 1 N–H and O–H groups in total. The summed E-state index contributed by atoms with van der Waals surface area (Å²) in [6, 6.07) is 8.09. The Kier molecular flexibility index (Phi) is 4.74. The van der Waals surface area contributed by atoms with Crippen molar-refractivity contribution in [1.29, 1.82) is 0 Å². The summed E-state index contributed by atoms with van der Waals surface area (Å²) in [5.74, 6) is 0.794. The summed E-state index contributed by atoms with van der Waals surface area (Å²) in [4.78, 5) is 8.06. The van der Waals surface area contributed by atoms with Crippen molar-refractivity contribution in [3.63, 3.8) is 0 Å². The van der Waals surface area contributed by atoms with E-state index in [2.05, 4.69) is 28.3 Å². The number of halogens is 1. The van der Waals surface area contributed by atoms with Crippen LogP contribution >= 0.6 is 11.8 Å². The summed E-state index contributed by atoms with van der Waals surface area (Å²) in [5.41, 5.74) is 2.40. The molecule has 100 valence electrons. The molecule has 0 saturated carbocycles. The van der Waals surface area contributed by atoms with E-state index in [4.69, 9.17) is 0 Å². The lowest BCUT2D eigenvalue weighted by atomic mass is 10.1. The first kappa shape index (κ1) is 13.8. The van der Waals surface area contributed by atoms with Crippen molar-refractivity contribution in [3.05, 3.63) is 47.4 Å². The molecule has 0 saturated heterocycles. The second kappa shape index (κ2) is 6.52. The summed E-state index contributed by atoms with van der Waals surface area (Å²) in [5, 5.41) is 3.37. The van der Waals surface area contributed by atoms with Crippen LogP contribution in [0.2, 0.25) is 0 Å². The zero-order chi connectivity index (χ0) is 13.7. The molecule has 19 heavy (non-hydrogen) atoms. The molecule has 0 spiro atoms. The molecule has 5 heteroatoms. The molecule has 0 unspecified atom stereocenters. The molecule has 0 aliphatic rings. The van der Waals surface area contributed by atoms with Crippen molar-refractivity contribution >= 4 is 17.7 Å². The van der Waals surface area contributed by atoms with Crippen molar-refractivity contribution in [2.24, 2.45) is 0 Å². The minimum atomic E-state index is -0.375. The number of anilines is 1. The molecule has 0 amide bonds. The highest BCUT2D eigenvalue weighted by Crippen LogP contribution is 2.25. The summed E-state index contributed by atoms with van der Waals surface area (Å²) < 4.78 is 13.6. The highest BCUT2D eigenvalue weighted by molar-refractivity contribution is 7.98. The third kappa shape index (κ3) is 3.67. The summed E-state index contributed by atoms with van der Waals surface area (Å²) in [6.07, 6.45) is 1.21. The van der Waals surface area contributed by atoms with Crippen LogP contribution in [0.15, 0.2) is 35.5 Å². The fraction of sp³-hybridized carbons (Fsp3) is 0.286. The van der Waals surface area contributed by atoms with Crippen LogP contribution < -0.4 is 5.32 Å². The molecule has 0 aliphatic heterocycles. The number of hydrogen-bond donors (Lipinski definition) is 1. The number of benzene rings is 1. The molecule has 2 rings (SSSR count).